The number of ether oxygens (including phenoxy) is 2. The van der Waals surface area contributed by atoms with Crippen molar-refractivity contribution >= 4 is 5.97 Å². The van der Waals surface area contributed by atoms with Gasteiger partial charge in [-0.15, -0.1) is 0 Å². The number of rotatable bonds is 6. The molecule has 0 aliphatic carbocycles. The first-order valence-electron chi connectivity index (χ1n) is 6.46. The highest BCUT2D eigenvalue weighted by atomic mass is 16.7. The predicted molar refractivity (Wildman–Crippen MR) is 67.5 cm³/mol. The summed E-state index contributed by atoms with van der Waals surface area (Å²) in [6, 6.07) is 0. The second-order valence-electron chi connectivity index (χ2n) is 4.84. The number of aliphatic hydroxyl groups excluding tert-OH is 2. The first-order valence-corrected chi connectivity index (χ1v) is 6.46. The van der Waals surface area contributed by atoms with E-state index >= 15 is 0 Å². The predicted octanol–water partition coefficient (Wildman–Crippen LogP) is 0.669. The van der Waals surface area contributed by atoms with Crippen LogP contribution >= 0.6 is 0 Å². The van der Waals surface area contributed by atoms with Gasteiger partial charge in [-0.3, -0.25) is 0 Å². The maximum absolute atomic E-state index is 10.3. The lowest BCUT2D eigenvalue weighted by molar-refractivity contribution is -0.273. The maximum atomic E-state index is 10.3. The second-order valence-corrected chi connectivity index (χ2v) is 4.84. The Morgan fingerprint density at radius 2 is 2.16 bits per heavy atom. The Morgan fingerprint density at radius 3 is 2.79 bits per heavy atom. The first kappa shape index (κ1) is 16.1. The van der Waals surface area contributed by atoms with Gasteiger partial charge in [-0.2, -0.15) is 0 Å². The van der Waals surface area contributed by atoms with Crippen LogP contribution in [0, 0.1) is 0 Å². The third kappa shape index (κ3) is 5.69. The number of hydrogen-bond donors (Lipinski definition) is 3. The van der Waals surface area contributed by atoms with Crippen LogP contribution in [0.2, 0.25) is 0 Å². The van der Waals surface area contributed by atoms with Crippen molar-refractivity contribution in [2.45, 2.75) is 63.8 Å². The highest BCUT2D eigenvalue weighted by Crippen LogP contribution is 2.22. The van der Waals surface area contributed by atoms with E-state index < -0.39 is 24.5 Å². The van der Waals surface area contributed by atoms with Crippen LogP contribution in [0.3, 0.4) is 0 Å². The number of aliphatic hydroxyl groups is 2. The molecule has 0 aromatic heterocycles. The molecule has 1 unspecified atom stereocenters. The molecule has 1 aliphatic heterocycles. The van der Waals surface area contributed by atoms with E-state index in [1.807, 2.05) is 6.92 Å². The third-order valence-corrected chi connectivity index (χ3v) is 3.05. The van der Waals surface area contributed by atoms with Crippen molar-refractivity contribution in [1.82, 2.24) is 0 Å². The van der Waals surface area contributed by atoms with E-state index in [2.05, 4.69) is 0 Å². The molecule has 0 saturated carbocycles. The summed E-state index contributed by atoms with van der Waals surface area (Å²) in [6.45, 7) is 3.56. The van der Waals surface area contributed by atoms with Crippen molar-refractivity contribution in [3.63, 3.8) is 0 Å². The van der Waals surface area contributed by atoms with E-state index in [0.29, 0.717) is 12.8 Å². The molecule has 1 heterocycles. The third-order valence-electron chi connectivity index (χ3n) is 3.05. The molecular weight excluding hydrogens is 252 g/mol. The SMILES string of the molecule is CC(CC/C=C/C(=O)O)O[C@@H]1O[C@@H](C)[C@H](O)C[C@H]1O. The van der Waals surface area contributed by atoms with Crippen LogP contribution in [0.4, 0.5) is 0 Å². The van der Waals surface area contributed by atoms with Crippen LogP contribution in [0.5, 0.6) is 0 Å². The minimum Gasteiger partial charge on any atom is -0.478 e. The summed E-state index contributed by atoms with van der Waals surface area (Å²) >= 11 is 0. The smallest absolute Gasteiger partial charge is 0.327 e. The summed E-state index contributed by atoms with van der Waals surface area (Å²) in [5.41, 5.74) is 0. The molecule has 110 valence electrons. The molecule has 6 nitrogen and oxygen atoms in total. The standard InChI is InChI=1S/C13H22O6/c1-8(5-3-4-6-12(16)17)18-13-11(15)7-10(14)9(2)19-13/h4,6,8-11,13-15H,3,5,7H2,1-2H3,(H,16,17)/b6-4+/t8?,9-,10+,11+,13+/m0/s1. The number of carbonyl (C=O) groups is 1. The molecule has 0 amide bonds. The molecule has 1 rings (SSSR count). The van der Waals surface area contributed by atoms with Crippen LogP contribution in [-0.2, 0) is 14.3 Å². The highest BCUT2D eigenvalue weighted by Gasteiger charge is 2.35. The summed E-state index contributed by atoms with van der Waals surface area (Å²) in [5.74, 6) is -0.970. The monoisotopic (exact) mass is 274 g/mol. The van der Waals surface area contributed by atoms with Crippen LogP contribution in [0.1, 0.15) is 33.1 Å². The quantitative estimate of drug-likeness (QED) is 0.616. The molecule has 1 saturated heterocycles. The maximum Gasteiger partial charge on any atom is 0.327 e. The largest absolute Gasteiger partial charge is 0.478 e. The fourth-order valence-corrected chi connectivity index (χ4v) is 1.88. The Bertz CT molecular complexity index is 316. The van der Waals surface area contributed by atoms with Crippen molar-refractivity contribution in [1.29, 1.82) is 0 Å². The number of carboxylic acid groups (broad SMARTS) is 1. The molecule has 0 aromatic rings. The summed E-state index contributed by atoms with van der Waals surface area (Å²) in [5, 5.41) is 27.7. The summed E-state index contributed by atoms with van der Waals surface area (Å²) < 4.78 is 11.0. The highest BCUT2D eigenvalue weighted by molar-refractivity contribution is 5.79. The van der Waals surface area contributed by atoms with E-state index in [9.17, 15) is 15.0 Å². The van der Waals surface area contributed by atoms with E-state index in [1.165, 1.54) is 0 Å². The number of hydrogen-bond acceptors (Lipinski definition) is 5. The minimum atomic E-state index is -0.970. The molecule has 19 heavy (non-hydrogen) atoms. The lowest BCUT2D eigenvalue weighted by Gasteiger charge is -2.36. The second kappa shape index (κ2) is 7.59. The number of carboxylic acids is 1. The number of aliphatic carboxylic acids is 1. The van der Waals surface area contributed by atoms with Gasteiger partial charge < -0.3 is 24.8 Å². The Balaban J connectivity index is 2.31. The molecule has 3 N–H and O–H groups in total. The van der Waals surface area contributed by atoms with Crippen molar-refractivity contribution in [3.05, 3.63) is 12.2 Å². The van der Waals surface area contributed by atoms with Crippen molar-refractivity contribution in [2.75, 3.05) is 0 Å². The van der Waals surface area contributed by atoms with Gasteiger partial charge in [0.15, 0.2) is 6.29 Å². The van der Waals surface area contributed by atoms with Gasteiger partial charge in [0.1, 0.15) is 6.10 Å². The van der Waals surface area contributed by atoms with E-state index in [-0.39, 0.29) is 18.6 Å². The Labute approximate surface area is 112 Å². The fraction of sp³-hybridized carbons (Fsp3) is 0.769. The van der Waals surface area contributed by atoms with Gasteiger partial charge in [-0.25, -0.2) is 4.79 Å². The number of allylic oxidation sites excluding steroid dienone is 1. The Morgan fingerprint density at radius 1 is 1.47 bits per heavy atom. The average Bonchev–Trinajstić information content (AvgIpc) is 2.31. The molecule has 6 heteroatoms. The fourth-order valence-electron chi connectivity index (χ4n) is 1.88. The summed E-state index contributed by atoms with van der Waals surface area (Å²) in [4.78, 5) is 10.3. The molecule has 0 aromatic carbocycles. The first-order chi connectivity index (χ1) is 8.90. The lowest BCUT2D eigenvalue weighted by Crippen LogP contribution is -2.48. The van der Waals surface area contributed by atoms with E-state index in [0.717, 1.165) is 6.08 Å². The summed E-state index contributed by atoms with van der Waals surface area (Å²) in [6.07, 6.45) is 1.31. The van der Waals surface area contributed by atoms with Gasteiger partial charge in [0.05, 0.1) is 18.3 Å². The Kier molecular flexibility index (Phi) is 6.44. The van der Waals surface area contributed by atoms with E-state index in [1.54, 1.807) is 13.0 Å². The molecule has 0 radical (unpaired) electrons. The van der Waals surface area contributed by atoms with Crippen molar-refractivity contribution in [3.8, 4) is 0 Å². The van der Waals surface area contributed by atoms with Crippen LogP contribution < -0.4 is 0 Å². The molecular formula is C13H22O6. The summed E-state index contributed by atoms with van der Waals surface area (Å²) in [7, 11) is 0. The van der Waals surface area contributed by atoms with Gasteiger partial charge in [0.25, 0.3) is 0 Å². The normalized spacial score (nSPS) is 33.5. The molecule has 5 atom stereocenters. The van der Waals surface area contributed by atoms with Gasteiger partial charge in [0.2, 0.25) is 0 Å². The Hall–Kier alpha value is -0.950. The van der Waals surface area contributed by atoms with Gasteiger partial charge in [-0.1, -0.05) is 6.08 Å². The van der Waals surface area contributed by atoms with Crippen LogP contribution in [0.25, 0.3) is 0 Å². The zero-order valence-electron chi connectivity index (χ0n) is 11.2. The molecule has 1 aliphatic rings. The van der Waals surface area contributed by atoms with Gasteiger partial charge in [0, 0.05) is 12.5 Å². The zero-order chi connectivity index (χ0) is 14.4. The zero-order valence-corrected chi connectivity index (χ0v) is 11.2. The van der Waals surface area contributed by atoms with Gasteiger partial charge in [-0.05, 0) is 26.7 Å². The molecule has 0 spiro atoms. The minimum absolute atomic E-state index is 0.166. The molecule has 1 fully saturated rings. The van der Waals surface area contributed by atoms with Crippen LogP contribution in [0.15, 0.2) is 12.2 Å². The van der Waals surface area contributed by atoms with E-state index in [4.69, 9.17) is 14.6 Å². The average molecular weight is 274 g/mol. The molecule has 0 bridgehead atoms. The van der Waals surface area contributed by atoms with Crippen molar-refractivity contribution in [2.24, 2.45) is 0 Å². The topological polar surface area (TPSA) is 96.2 Å². The van der Waals surface area contributed by atoms with Crippen molar-refractivity contribution < 1.29 is 29.6 Å². The van der Waals surface area contributed by atoms with Crippen LogP contribution in [-0.4, -0.2) is 52.0 Å². The van der Waals surface area contributed by atoms with Gasteiger partial charge >= 0.3 is 5.97 Å². The lowest BCUT2D eigenvalue weighted by atomic mass is 10.0.